The molecule has 76 valence electrons. The third kappa shape index (κ3) is 2.52. The summed E-state index contributed by atoms with van der Waals surface area (Å²) in [5, 5.41) is 0. The number of benzene rings is 1. The van der Waals surface area contributed by atoms with Gasteiger partial charge in [0.2, 0.25) is 0 Å². The maximum absolute atomic E-state index is 11.9. The number of hydrogen-bond donors (Lipinski definition) is 0. The normalized spacial score (nSPS) is 10.2. The molecular formula is C11H8BrNOS. The molecule has 2 nitrogen and oxygen atoms in total. The number of rotatable bonds is 3. The van der Waals surface area contributed by atoms with Crippen molar-refractivity contribution in [1.29, 1.82) is 0 Å². The Bertz CT molecular complexity index is 467. The summed E-state index contributed by atoms with van der Waals surface area (Å²) in [7, 11) is 0. The summed E-state index contributed by atoms with van der Waals surface area (Å²) in [4.78, 5) is 16.8. The molecule has 0 saturated heterocycles. The Labute approximate surface area is 100 Å². The fraction of sp³-hybridized carbons (Fsp3) is 0.0909. The van der Waals surface area contributed by atoms with Crippen molar-refractivity contribution in [3.8, 4) is 0 Å². The van der Waals surface area contributed by atoms with Crippen molar-refractivity contribution in [3.63, 3.8) is 0 Å². The number of hydrogen-bond acceptors (Lipinski definition) is 3. The molecule has 0 atom stereocenters. The number of ketones is 1. The molecule has 1 aromatic carbocycles. The first kappa shape index (κ1) is 10.5. The van der Waals surface area contributed by atoms with E-state index in [1.54, 1.807) is 11.7 Å². The summed E-state index contributed by atoms with van der Waals surface area (Å²) in [6.07, 6.45) is 2.16. The predicted octanol–water partition coefficient (Wildman–Crippen LogP) is 3.33. The second-order valence-electron chi connectivity index (χ2n) is 3.05. The standard InChI is InChI=1S/C11H8BrNOS/c12-10-4-2-1-3-9(10)11(14)5-8-6-13-7-15-8/h1-4,6-7H,5H2. The van der Waals surface area contributed by atoms with Gasteiger partial charge in [0, 0.05) is 27.5 Å². The first-order chi connectivity index (χ1) is 7.27. The molecule has 0 radical (unpaired) electrons. The molecule has 0 spiro atoms. The van der Waals surface area contributed by atoms with Gasteiger partial charge >= 0.3 is 0 Å². The number of Topliss-reactive ketones (excluding diaryl/α,β-unsaturated/α-hetero) is 1. The molecule has 0 N–H and O–H groups in total. The van der Waals surface area contributed by atoms with Crippen LogP contribution in [0.2, 0.25) is 0 Å². The van der Waals surface area contributed by atoms with E-state index in [-0.39, 0.29) is 5.78 Å². The van der Waals surface area contributed by atoms with Gasteiger partial charge in [-0.25, -0.2) is 0 Å². The van der Waals surface area contributed by atoms with E-state index < -0.39 is 0 Å². The molecule has 2 aromatic rings. The molecule has 0 unspecified atom stereocenters. The van der Waals surface area contributed by atoms with E-state index in [0.717, 1.165) is 14.9 Å². The molecule has 1 aromatic heterocycles. The lowest BCUT2D eigenvalue weighted by Gasteiger charge is -2.01. The van der Waals surface area contributed by atoms with Crippen LogP contribution < -0.4 is 0 Å². The molecule has 15 heavy (non-hydrogen) atoms. The van der Waals surface area contributed by atoms with Gasteiger partial charge in [-0.1, -0.05) is 34.1 Å². The van der Waals surface area contributed by atoms with E-state index in [4.69, 9.17) is 0 Å². The van der Waals surface area contributed by atoms with Crippen molar-refractivity contribution in [1.82, 2.24) is 4.98 Å². The zero-order valence-electron chi connectivity index (χ0n) is 7.81. The summed E-state index contributed by atoms with van der Waals surface area (Å²) in [5.41, 5.74) is 2.47. The topological polar surface area (TPSA) is 30.0 Å². The maximum atomic E-state index is 11.9. The van der Waals surface area contributed by atoms with Crippen LogP contribution in [0.1, 0.15) is 15.2 Å². The van der Waals surface area contributed by atoms with Crippen LogP contribution in [-0.2, 0) is 6.42 Å². The van der Waals surface area contributed by atoms with E-state index in [9.17, 15) is 4.79 Å². The highest BCUT2D eigenvalue weighted by Crippen LogP contribution is 2.19. The summed E-state index contributed by atoms with van der Waals surface area (Å²) in [5.74, 6) is 0.117. The Morgan fingerprint density at radius 2 is 2.20 bits per heavy atom. The number of carbonyl (C=O) groups is 1. The van der Waals surface area contributed by atoms with Crippen molar-refractivity contribution in [2.75, 3.05) is 0 Å². The van der Waals surface area contributed by atoms with Crippen LogP contribution in [0.25, 0.3) is 0 Å². The van der Waals surface area contributed by atoms with E-state index in [0.29, 0.717) is 6.42 Å². The molecule has 2 rings (SSSR count). The van der Waals surface area contributed by atoms with Crippen LogP contribution in [0.4, 0.5) is 0 Å². The van der Waals surface area contributed by atoms with Crippen LogP contribution in [0.3, 0.4) is 0 Å². The lowest BCUT2D eigenvalue weighted by atomic mass is 10.1. The largest absolute Gasteiger partial charge is 0.294 e. The SMILES string of the molecule is O=C(Cc1cncs1)c1ccccc1Br. The highest BCUT2D eigenvalue weighted by molar-refractivity contribution is 9.10. The van der Waals surface area contributed by atoms with Gasteiger partial charge in [0.15, 0.2) is 5.78 Å². The molecular weight excluding hydrogens is 274 g/mol. The zero-order chi connectivity index (χ0) is 10.7. The Kier molecular flexibility index (Phi) is 3.28. The van der Waals surface area contributed by atoms with Crippen LogP contribution in [0.15, 0.2) is 40.4 Å². The van der Waals surface area contributed by atoms with Crippen molar-refractivity contribution in [2.24, 2.45) is 0 Å². The van der Waals surface area contributed by atoms with E-state index >= 15 is 0 Å². The second-order valence-corrected chi connectivity index (χ2v) is 4.87. The molecule has 0 aliphatic rings. The average Bonchev–Trinajstić information content (AvgIpc) is 2.71. The summed E-state index contributed by atoms with van der Waals surface area (Å²) >= 11 is 4.87. The zero-order valence-corrected chi connectivity index (χ0v) is 10.2. The lowest BCUT2D eigenvalue weighted by molar-refractivity contribution is 0.0993. The fourth-order valence-electron chi connectivity index (χ4n) is 1.27. The van der Waals surface area contributed by atoms with Gasteiger partial charge in [-0.05, 0) is 6.07 Å². The molecule has 0 bridgehead atoms. The average molecular weight is 282 g/mol. The summed E-state index contributed by atoms with van der Waals surface area (Å²) < 4.78 is 0.847. The minimum absolute atomic E-state index is 0.117. The molecule has 1 heterocycles. The summed E-state index contributed by atoms with van der Waals surface area (Å²) in [6, 6.07) is 7.46. The van der Waals surface area contributed by atoms with E-state index in [2.05, 4.69) is 20.9 Å². The number of halogens is 1. The molecule has 0 aliphatic heterocycles. The van der Waals surface area contributed by atoms with Crippen LogP contribution in [-0.4, -0.2) is 10.8 Å². The Morgan fingerprint density at radius 3 is 2.87 bits per heavy atom. The van der Waals surface area contributed by atoms with Gasteiger partial charge in [0.1, 0.15) is 0 Å². The first-order valence-corrected chi connectivity index (χ1v) is 6.10. The first-order valence-electron chi connectivity index (χ1n) is 4.42. The maximum Gasteiger partial charge on any atom is 0.169 e. The fourth-order valence-corrected chi connectivity index (χ4v) is 2.37. The van der Waals surface area contributed by atoms with Crippen molar-refractivity contribution < 1.29 is 4.79 Å². The van der Waals surface area contributed by atoms with Gasteiger partial charge in [-0.3, -0.25) is 9.78 Å². The smallest absolute Gasteiger partial charge is 0.169 e. The van der Waals surface area contributed by atoms with Crippen molar-refractivity contribution in [3.05, 3.63) is 50.9 Å². The predicted molar refractivity (Wildman–Crippen MR) is 64.3 cm³/mol. The van der Waals surface area contributed by atoms with E-state index in [1.165, 1.54) is 11.3 Å². The minimum atomic E-state index is 0.117. The van der Waals surface area contributed by atoms with E-state index in [1.807, 2.05) is 24.3 Å². The number of thiazole rings is 1. The Hall–Kier alpha value is -1.00. The van der Waals surface area contributed by atoms with Gasteiger partial charge in [0.25, 0.3) is 0 Å². The van der Waals surface area contributed by atoms with Gasteiger partial charge in [-0.2, -0.15) is 0 Å². The number of aromatic nitrogens is 1. The highest BCUT2D eigenvalue weighted by atomic mass is 79.9. The van der Waals surface area contributed by atoms with Crippen molar-refractivity contribution >= 4 is 33.0 Å². The highest BCUT2D eigenvalue weighted by Gasteiger charge is 2.10. The van der Waals surface area contributed by atoms with Gasteiger partial charge < -0.3 is 0 Å². The Morgan fingerprint density at radius 1 is 1.40 bits per heavy atom. The molecule has 0 fully saturated rings. The second kappa shape index (κ2) is 4.68. The molecule has 0 aliphatic carbocycles. The lowest BCUT2D eigenvalue weighted by Crippen LogP contribution is -2.02. The van der Waals surface area contributed by atoms with Gasteiger partial charge in [0.05, 0.1) is 5.51 Å². The van der Waals surface area contributed by atoms with Crippen molar-refractivity contribution in [2.45, 2.75) is 6.42 Å². The number of carbonyl (C=O) groups excluding carboxylic acids is 1. The number of nitrogens with zero attached hydrogens (tertiary/aromatic N) is 1. The minimum Gasteiger partial charge on any atom is -0.294 e. The van der Waals surface area contributed by atoms with Crippen LogP contribution >= 0.6 is 27.3 Å². The third-order valence-corrected chi connectivity index (χ3v) is 3.46. The van der Waals surface area contributed by atoms with Crippen LogP contribution in [0.5, 0.6) is 0 Å². The summed E-state index contributed by atoms with van der Waals surface area (Å²) in [6.45, 7) is 0. The molecule has 0 amide bonds. The quantitative estimate of drug-likeness (QED) is 0.808. The third-order valence-electron chi connectivity index (χ3n) is 1.99. The molecule has 4 heteroatoms. The van der Waals surface area contributed by atoms with Gasteiger partial charge in [-0.15, -0.1) is 11.3 Å². The molecule has 0 saturated carbocycles. The monoisotopic (exact) mass is 281 g/mol. The Balaban J connectivity index is 2.19. The van der Waals surface area contributed by atoms with Crippen LogP contribution in [0, 0.1) is 0 Å².